The molecule has 2 nitrogen and oxygen atoms in total. The van der Waals surface area contributed by atoms with Crippen LogP contribution in [0, 0.1) is 0 Å². The molecule has 1 N–H and O–H groups in total. The van der Waals surface area contributed by atoms with E-state index in [0.29, 0.717) is 13.2 Å². The molecule has 0 spiro atoms. The van der Waals surface area contributed by atoms with Crippen LogP contribution in [0.4, 0.5) is 5.69 Å². The quantitative estimate of drug-likeness (QED) is 0.670. The zero-order chi connectivity index (χ0) is 14.5. The average molecular weight is 298 g/mol. The minimum Gasteiger partial charge on any atom is -0.491 e. The molecule has 3 aromatic rings. The van der Waals surface area contributed by atoms with E-state index >= 15 is 0 Å². The highest BCUT2D eigenvalue weighted by Crippen LogP contribution is 2.25. The highest BCUT2D eigenvalue weighted by Gasteiger charge is 2.01. The van der Waals surface area contributed by atoms with Gasteiger partial charge in [0.25, 0.3) is 0 Å². The lowest BCUT2D eigenvalue weighted by atomic mass is 10.1. The molecule has 0 radical (unpaired) electrons. The highest BCUT2D eigenvalue weighted by molar-refractivity contribution is 6.33. The van der Waals surface area contributed by atoms with Crippen molar-refractivity contribution in [1.29, 1.82) is 0 Å². The number of para-hydroxylation sites is 1. The first kappa shape index (κ1) is 13.8. The van der Waals surface area contributed by atoms with Gasteiger partial charge in [-0.2, -0.15) is 0 Å². The van der Waals surface area contributed by atoms with Crippen molar-refractivity contribution in [2.24, 2.45) is 0 Å². The lowest BCUT2D eigenvalue weighted by Gasteiger charge is -2.11. The third-order valence-electron chi connectivity index (χ3n) is 3.30. The lowest BCUT2D eigenvalue weighted by Crippen LogP contribution is -2.11. The monoisotopic (exact) mass is 297 g/mol. The minimum atomic E-state index is 0.583. The van der Waals surface area contributed by atoms with Crippen LogP contribution in [-0.2, 0) is 0 Å². The summed E-state index contributed by atoms with van der Waals surface area (Å²) < 4.78 is 5.88. The van der Waals surface area contributed by atoms with E-state index in [1.54, 1.807) is 0 Å². The van der Waals surface area contributed by atoms with Crippen molar-refractivity contribution in [3.8, 4) is 5.75 Å². The van der Waals surface area contributed by atoms with E-state index in [2.05, 4.69) is 23.5 Å². The van der Waals surface area contributed by atoms with E-state index in [1.165, 1.54) is 5.39 Å². The molecule has 0 saturated carbocycles. The fraction of sp³-hybridized carbons (Fsp3) is 0.111. The molecule has 0 amide bonds. The van der Waals surface area contributed by atoms with E-state index in [-0.39, 0.29) is 0 Å². The van der Waals surface area contributed by atoms with Crippen LogP contribution < -0.4 is 10.1 Å². The van der Waals surface area contributed by atoms with Crippen LogP contribution in [0.3, 0.4) is 0 Å². The van der Waals surface area contributed by atoms with Gasteiger partial charge in [-0.3, -0.25) is 0 Å². The average Bonchev–Trinajstić information content (AvgIpc) is 2.53. The summed E-state index contributed by atoms with van der Waals surface area (Å²) in [6.45, 7) is 1.28. The third-order valence-corrected chi connectivity index (χ3v) is 3.63. The van der Waals surface area contributed by atoms with E-state index in [0.717, 1.165) is 21.8 Å². The van der Waals surface area contributed by atoms with Gasteiger partial charge < -0.3 is 10.1 Å². The molecule has 0 fully saturated rings. The fourth-order valence-electron chi connectivity index (χ4n) is 2.27. The van der Waals surface area contributed by atoms with Gasteiger partial charge in [0.1, 0.15) is 12.4 Å². The van der Waals surface area contributed by atoms with Crippen molar-refractivity contribution in [3.05, 3.63) is 71.8 Å². The predicted octanol–water partition coefficient (Wildman–Crippen LogP) is 4.98. The first-order chi connectivity index (χ1) is 10.3. The van der Waals surface area contributed by atoms with Gasteiger partial charge in [-0.15, -0.1) is 0 Å². The number of fused-ring (bicyclic) bond motifs is 1. The summed E-state index contributed by atoms with van der Waals surface area (Å²) in [5, 5.41) is 6.32. The predicted molar refractivity (Wildman–Crippen MR) is 89.4 cm³/mol. The molecule has 3 rings (SSSR count). The first-order valence-corrected chi connectivity index (χ1v) is 7.31. The van der Waals surface area contributed by atoms with Crippen LogP contribution in [0.1, 0.15) is 0 Å². The molecule has 21 heavy (non-hydrogen) atoms. The van der Waals surface area contributed by atoms with E-state index in [1.807, 2.05) is 48.5 Å². The Bertz CT molecular complexity index is 737. The maximum Gasteiger partial charge on any atom is 0.127 e. The van der Waals surface area contributed by atoms with Gasteiger partial charge in [0.2, 0.25) is 0 Å². The van der Waals surface area contributed by atoms with Crippen molar-refractivity contribution in [2.75, 3.05) is 18.5 Å². The van der Waals surface area contributed by atoms with E-state index < -0.39 is 0 Å². The van der Waals surface area contributed by atoms with Gasteiger partial charge in [-0.1, -0.05) is 60.1 Å². The van der Waals surface area contributed by atoms with E-state index in [4.69, 9.17) is 16.3 Å². The summed E-state index contributed by atoms with van der Waals surface area (Å²) in [4.78, 5) is 0. The Morgan fingerprint density at radius 1 is 0.857 bits per heavy atom. The zero-order valence-corrected chi connectivity index (χ0v) is 12.3. The summed E-state index contributed by atoms with van der Waals surface area (Å²) >= 11 is 6.09. The van der Waals surface area contributed by atoms with Gasteiger partial charge in [0.15, 0.2) is 0 Å². The molecule has 0 unspecified atom stereocenters. The molecular formula is C18H16ClNO. The van der Waals surface area contributed by atoms with Crippen molar-refractivity contribution >= 4 is 28.1 Å². The van der Waals surface area contributed by atoms with Crippen LogP contribution in [0.2, 0.25) is 5.02 Å². The molecule has 0 aliphatic carbocycles. The zero-order valence-electron chi connectivity index (χ0n) is 11.6. The van der Waals surface area contributed by atoms with Crippen LogP contribution in [0.25, 0.3) is 10.8 Å². The molecule has 0 aliphatic heterocycles. The van der Waals surface area contributed by atoms with Gasteiger partial charge in [0.05, 0.1) is 10.7 Å². The number of halogens is 1. The second-order valence-corrected chi connectivity index (χ2v) is 5.14. The Balaban J connectivity index is 1.61. The summed E-state index contributed by atoms with van der Waals surface area (Å²) in [5.74, 6) is 0.911. The molecular weight excluding hydrogens is 282 g/mol. The lowest BCUT2D eigenvalue weighted by molar-refractivity contribution is 0.337. The number of anilines is 1. The topological polar surface area (TPSA) is 21.3 Å². The third kappa shape index (κ3) is 3.29. The standard InChI is InChI=1S/C18H16ClNO/c19-16-9-3-4-10-17(16)20-12-13-21-18-11-5-7-14-6-1-2-8-15(14)18/h1-11,20H,12-13H2. The number of hydrogen-bond donors (Lipinski definition) is 1. The Labute approximate surface area is 129 Å². The van der Waals surface area contributed by atoms with Crippen molar-refractivity contribution in [2.45, 2.75) is 0 Å². The normalized spacial score (nSPS) is 10.5. The molecule has 0 bridgehead atoms. The Morgan fingerprint density at radius 3 is 2.52 bits per heavy atom. The molecule has 3 heteroatoms. The first-order valence-electron chi connectivity index (χ1n) is 6.93. The van der Waals surface area contributed by atoms with Crippen molar-refractivity contribution in [3.63, 3.8) is 0 Å². The van der Waals surface area contributed by atoms with Crippen molar-refractivity contribution in [1.82, 2.24) is 0 Å². The molecule has 3 aromatic carbocycles. The number of benzene rings is 3. The SMILES string of the molecule is Clc1ccccc1NCCOc1cccc2ccccc12. The number of ether oxygens (including phenoxy) is 1. The molecule has 0 aliphatic rings. The summed E-state index contributed by atoms with van der Waals surface area (Å²) in [6.07, 6.45) is 0. The van der Waals surface area contributed by atoms with E-state index in [9.17, 15) is 0 Å². The Kier molecular flexibility index (Phi) is 4.27. The van der Waals surface area contributed by atoms with Gasteiger partial charge >= 0.3 is 0 Å². The van der Waals surface area contributed by atoms with Crippen LogP contribution >= 0.6 is 11.6 Å². The second kappa shape index (κ2) is 6.51. The molecule has 0 aromatic heterocycles. The maximum absolute atomic E-state index is 6.09. The minimum absolute atomic E-state index is 0.583. The molecule has 106 valence electrons. The largest absolute Gasteiger partial charge is 0.491 e. The van der Waals surface area contributed by atoms with Crippen LogP contribution in [-0.4, -0.2) is 13.2 Å². The number of hydrogen-bond acceptors (Lipinski definition) is 2. The number of nitrogens with one attached hydrogen (secondary N) is 1. The Hall–Kier alpha value is -2.19. The van der Waals surface area contributed by atoms with Crippen LogP contribution in [0.5, 0.6) is 5.75 Å². The number of rotatable bonds is 5. The molecule has 0 atom stereocenters. The van der Waals surface area contributed by atoms with Crippen LogP contribution in [0.15, 0.2) is 66.7 Å². The summed E-state index contributed by atoms with van der Waals surface area (Å²) in [6, 6.07) is 22.0. The Morgan fingerprint density at radius 2 is 1.62 bits per heavy atom. The summed E-state index contributed by atoms with van der Waals surface area (Å²) in [7, 11) is 0. The molecule has 0 heterocycles. The van der Waals surface area contributed by atoms with Gasteiger partial charge in [0, 0.05) is 11.9 Å². The fourth-order valence-corrected chi connectivity index (χ4v) is 2.48. The van der Waals surface area contributed by atoms with Gasteiger partial charge in [-0.25, -0.2) is 0 Å². The summed E-state index contributed by atoms with van der Waals surface area (Å²) in [5.41, 5.74) is 0.931. The highest BCUT2D eigenvalue weighted by atomic mass is 35.5. The maximum atomic E-state index is 6.09. The molecule has 0 saturated heterocycles. The second-order valence-electron chi connectivity index (χ2n) is 4.73. The van der Waals surface area contributed by atoms with Crippen molar-refractivity contribution < 1.29 is 4.74 Å². The smallest absolute Gasteiger partial charge is 0.127 e. The van der Waals surface area contributed by atoms with Gasteiger partial charge in [-0.05, 0) is 23.6 Å².